The van der Waals surface area contributed by atoms with Gasteiger partial charge in [-0.3, -0.25) is 19.2 Å². The summed E-state index contributed by atoms with van der Waals surface area (Å²) in [5.74, 6) is -2.58. The van der Waals surface area contributed by atoms with Crippen molar-refractivity contribution >= 4 is 29.5 Å². The number of hydrogen-bond acceptors (Lipinski definition) is 9. The van der Waals surface area contributed by atoms with Crippen molar-refractivity contribution in [3.63, 3.8) is 0 Å². The summed E-state index contributed by atoms with van der Waals surface area (Å²) in [5.41, 5.74) is -0.628. The van der Waals surface area contributed by atoms with Gasteiger partial charge in [0.2, 0.25) is 17.7 Å². The van der Waals surface area contributed by atoms with E-state index in [1.54, 1.807) is 58.7 Å². The van der Waals surface area contributed by atoms with E-state index in [1.807, 2.05) is 71.9 Å². The lowest BCUT2D eigenvalue weighted by atomic mass is 9.83. The van der Waals surface area contributed by atoms with Crippen LogP contribution in [0.5, 0.6) is 0 Å². The molecule has 0 radical (unpaired) electrons. The van der Waals surface area contributed by atoms with Gasteiger partial charge < -0.3 is 34.6 Å². The highest BCUT2D eigenvalue weighted by molar-refractivity contribution is 5.92. The third kappa shape index (κ3) is 13.4. The van der Waals surface area contributed by atoms with Crippen LogP contribution in [0, 0.1) is 23.7 Å². The molecular weight excluding hydrogens is 700 g/mol. The molecule has 0 aromatic heterocycles. The average Bonchev–Trinajstić information content (AvgIpc) is 3.62. The van der Waals surface area contributed by atoms with Crippen LogP contribution in [0.15, 0.2) is 30.3 Å². The SMILES string of the molecule is CCC(C)C(C(CC(=O)N1CCCC1C(OC)C(C)C(=O)NC(Cc1ccccc1)C(=O)OC(C)(C)C)OC)N(C)C(=O)C(CC(=O)C(C)(C)NC)C(C)C. The lowest BCUT2D eigenvalue weighted by molar-refractivity contribution is -0.159. The molecule has 1 saturated heterocycles. The maximum Gasteiger partial charge on any atom is 0.329 e. The first kappa shape index (κ1) is 47.8. The molecule has 8 unspecified atom stereocenters. The zero-order chi connectivity index (χ0) is 41.8. The fraction of sp³-hybridized carbons (Fsp3) is 0.744. The minimum Gasteiger partial charge on any atom is -0.458 e. The van der Waals surface area contributed by atoms with Crippen molar-refractivity contribution in [1.29, 1.82) is 0 Å². The van der Waals surface area contributed by atoms with Crippen LogP contribution in [0.4, 0.5) is 0 Å². The molecule has 12 heteroatoms. The van der Waals surface area contributed by atoms with E-state index in [9.17, 15) is 24.0 Å². The van der Waals surface area contributed by atoms with Gasteiger partial charge in [0.15, 0.2) is 5.78 Å². The molecule has 1 aromatic carbocycles. The number of amides is 3. The van der Waals surface area contributed by atoms with E-state index < -0.39 is 59.3 Å². The molecule has 55 heavy (non-hydrogen) atoms. The van der Waals surface area contributed by atoms with E-state index in [2.05, 4.69) is 10.6 Å². The molecule has 0 saturated carbocycles. The van der Waals surface area contributed by atoms with Crippen LogP contribution in [0.2, 0.25) is 0 Å². The zero-order valence-electron chi connectivity index (χ0n) is 36.2. The number of Topliss-reactive ketones (excluding diaryl/α,β-unsaturated/α-hetero) is 1. The first-order valence-corrected chi connectivity index (χ1v) is 20.0. The third-order valence-corrected chi connectivity index (χ3v) is 11.4. The molecule has 0 aliphatic carbocycles. The molecule has 1 aliphatic rings. The largest absolute Gasteiger partial charge is 0.458 e. The molecule has 12 nitrogen and oxygen atoms in total. The van der Waals surface area contributed by atoms with Crippen LogP contribution < -0.4 is 10.6 Å². The minimum atomic E-state index is -0.918. The number of likely N-dealkylation sites (N-methyl/N-ethyl adjacent to an activating group) is 2. The van der Waals surface area contributed by atoms with Crippen LogP contribution in [-0.4, -0.2) is 116 Å². The van der Waals surface area contributed by atoms with Gasteiger partial charge in [-0.15, -0.1) is 0 Å². The van der Waals surface area contributed by atoms with Gasteiger partial charge in [0.05, 0.1) is 42.2 Å². The van der Waals surface area contributed by atoms with Crippen molar-refractivity contribution in [1.82, 2.24) is 20.4 Å². The van der Waals surface area contributed by atoms with Crippen molar-refractivity contribution in [3.8, 4) is 0 Å². The fourth-order valence-electron chi connectivity index (χ4n) is 7.49. The zero-order valence-corrected chi connectivity index (χ0v) is 36.2. The Bertz CT molecular complexity index is 1410. The Kier molecular flexibility index (Phi) is 18.5. The number of likely N-dealkylation sites (tertiary alicyclic amines) is 1. The summed E-state index contributed by atoms with van der Waals surface area (Å²) in [6, 6.07) is 7.71. The normalized spacial score (nSPS) is 18.8. The molecular formula is C43H72N4O8. The number of methoxy groups -OCH3 is 2. The second kappa shape index (κ2) is 21.3. The Morgan fingerprint density at radius 2 is 1.56 bits per heavy atom. The van der Waals surface area contributed by atoms with E-state index in [-0.39, 0.29) is 54.6 Å². The van der Waals surface area contributed by atoms with Crippen molar-refractivity contribution in [2.75, 3.05) is 34.9 Å². The van der Waals surface area contributed by atoms with Crippen molar-refractivity contribution < 1.29 is 38.2 Å². The van der Waals surface area contributed by atoms with Crippen LogP contribution in [0.25, 0.3) is 0 Å². The molecule has 1 aromatic rings. The highest BCUT2D eigenvalue weighted by Crippen LogP contribution is 2.31. The summed E-state index contributed by atoms with van der Waals surface area (Å²) in [5, 5.41) is 5.98. The van der Waals surface area contributed by atoms with Crippen molar-refractivity contribution in [3.05, 3.63) is 35.9 Å². The number of esters is 1. The van der Waals surface area contributed by atoms with Crippen LogP contribution >= 0.6 is 0 Å². The second-order valence-corrected chi connectivity index (χ2v) is 17.2. The van der Waals surface area contributed by atoms with E-state index in [4.69, 9.17) is 14.2 Å². The number of benzene rings is 1. The van der Waals surface area contributed by atoms with Gasteiger partial charge in [-0.25, -0.2) is 4.79 Å². The van der Waals surface area contributed by atoms with E-state index in [1.165, 1.54) is 7.11 Å². The lowest BCUT2D eigenvalue weighted by Gasteiger charge is -2.41. The van der Waals surface area contributed by atoms with Gasteiger partial charge >= 0.3 is 5.97 Å². The number of carbonyl (C=O) groups excluding carboxylic acids is 5. The van der Waals surface area contributed by atoms with E-state index in [0.29, 0.717) is 13.0 Å². The summed E-state index contributed by atoms with van der Waals surface area (Å²) in [4.78, 5) is 72.3. The van der Waals surface area contributed by atoms with E-state index >= 15 is 0 Å². The Morgan fingerprint density at radius 1 is 0.945 bits per heavy atom. The monoisotopic (exact) mass is 773 g/mol. The van der Waals surface area contributed by atoms with Crippen LogP contribution in [0.3, 0.4) is 0 Å². The van der Waals surface area contributed by atoms with Gasteiger partial charge in [-0.2, -0.15) is 0 Å². The smallest absolute Gasteiger partial charge is 0.329 e. The third-order valence-electron chi connectivity index (χ3n) is 11.4. The first-order chi connectivity index (χ1) is 25.6. The molecule has 0 bridgehead atoms. The number of nitrogens with one attached hydrogen (secondary N) is 2. The molecule has 1 aliphatic heterocycles. The number of nitrogens with zero attached hydrogens (tertiary/aromatic N) is 2. The van der Waals surface area contributed by atoms with Gasteiger partial charge in [0.25, 0.3) is 0 Å². The van der Waals surface area contributed by atoms with Crippen LogP contribution in [-0.2, 0) is 44.6 Å². The summed E-state index contributed by atoms with van der Waals surface area (Å²) in [6.07, 6.45) is 1.22. The van der Waals surface area contributed by atoms with Gasteiger partial charge in [0, 0.05) is 46.6 Å². The second-order valence-electron chi connectivity index (χ2n) is 17.2. The Hall–Kier alpha value is -3.35. The summed E-state index contributed by atoms with van der Waals surface area (Å²) < 4.78 is 17.7. The molecule has 2 N–H and O–H groups in total. The number of ketones is 1. The maximum absolute atomic E-state index is 14.3. The predicted octanol–water partition coefficient (Wildman–Crippen LogP) is 5.21. The van der Waals surface area contributed by atoms with E-state index in [0.717, 1.165) is 18.4 Å². The number of rotatable bonds is 21. The minimum absolute atomic E-state index is 0.0115. The van der Waals surface area contributed by atoms with Crippen LogP contribution in [0.1, 0.15) is 107 Å². The Balaban J connectivity index is 2.31. The molecule has 8 atom stereocenters. The maximum atomic E-state index is 14.3. The Labute approximate surface area is 331 Å². The highest BCUT2D eigenvalue weighted by atomic mass is 16.6. The molecule has 2 rings (SSSR count). The molecule has 3 amide bonds. The Morgan fingerprint density at radius 3 is 2.07 bits per heavy atom. The standard InChI is InChI=1S/C43H72N4O8/c1-15-28(4)37(46(12)40(51)31(27(2)3)25-35(48)43(9,10)44-11)34(53-13)26-36(49)47-23-19-22-33(47)38(54-14)29(5)39(50)45-32(41(52)55-42(6,7)8)24-30-20-17-16-18-21-30/h16-18,20-21,27-29,31-34,37-38,44H,15,19,22-26H2,1-14H3,(H,45,50). The summed E-state index contributed by atoms with van der Waals surface area (Å²) in [6.45, 7) is 19.2. The fourth-order valence-corrected chi connectivity index (χ4v) is 7.49. The predicted molar refractivity (Wildman–Crippen MR) is 215 cm³/mol. The first-order valence-electron chi connectivity index (χ1n) is 20.0. The number of ether oxygens (including phenoxy) is 3. The topological polar surface area (TPSA) is 144 Å². The lowest BCUT2D eigenvalue weighted by Crippen LogP contribution is -2.55. The quantitative estimate of drug-likeness (QED) is 0.161. The molecule has 1 heterocycles. The van der Waals surface area contributed by atoms with Crippen molar-refractivity contribution in [2.45, 2.75) is 149 Å². The summed E-state index contributed by atoms with van der Waals surface area (Å²) >= 11 is 0. The molecule has 1 fully saturated rings. The number of hydrogen-bond donors (Lipinski definition) is 2. The van der Waals surface area contributed by atoms with Gasteiger partial charge in [-0.05, 0) is 71.9 Å². The molecule has 0 spiro atoms. The van der Waals surface area contributed by atoms with Gasteiger partial charge in [0.1, 0.15) is 11.6 Å². The average molecular weight is 773 g/mol. The van der Waals surface area contributed by atoms with Crippen molar-refractivity contribution in [2.24, 2.45) is 23.7 Å². The van der Waals surface area contributed by atoms with Gasteiger partial charge in [-0.1, -0.05) is 71.4 Å². The highest BCUT2D eigenvalue weighted by Gasteiger charge is 2.44. The number of carbonyl (C=O) groups is 5. The summed E-state index contributed by atoms with van der Waals surface area (Å²) in [7, 11) is 6.59. The molecule has 312 valence electrons.